The van der Waals surface area contributed by atoms with Crippen LogP contribution in [0.3, 0.4) is 0 Å². The van der Waals surface area contributed by atoms with Crippen LogP contribution in [0.1, 0.15) is 16.7 Å². The molecule has 5 heteroatoms. The summed E-state index contributed by atoms with van der Waals surface area (Å²) in [6, 6.07) is 5.63. The number of amidine groups is 1. The van der Waals surface area contributed by atoms with E-state index >= 15 is 0 Å². The maximum atomic E-state index is 8.59. The zero-order valence-corrected chi connectivity index (χ0v) is 9.72. The van der Waals surface area contributed by atoms with Crippen molar-refractivity contribution >= 4 is 5.84 Å². The van der Waals surface area contributed by atoms with Gasteiger partial charge in [0.05, 0.1) is 19.8 Å². The summed E-state index contributed by atoms with van der Waals surface area (Å²) in [5.41, 5.74) is 8.39. The number of hydrogen-bond acceptors (Lipinski definition) is 4. The van der Waals surface area contributed by atoms with E-state index in [9.17, 15) is 0 Å². The van der Waals surface area contributed by atoms with Crippen LogP contribution >= 0.6 is 0 Å². The molecule has 0 aliphatic carbocycles. The Morgan fingerprint density at radius 3 is 2.88 bits per heavy atom. The first-order chi connectivity index (χ1) is 8.20. The molecular formula is C12H16N2O3. The Hall–Kier alpha value is -1.59. The summed E-state index contributed by atoms with van der Waals surface area (Å²) in [4.78, 5) is 0. The van der Waals surface area contributed by atoms with Crippen molar-refractivity contribution < 1.29 is 14.7 Å². The first-order valence-electron chi connectivity index (χ1n) is 5.47. The molecular weight excluding hydrogens is 220 g/mol. The number of oxime groups is 1. The third-order valence-corrected chi connectivity index (χ3v) is 2.83. The monoisotopic (exact) mass is 236 g/mol. The van der Waals surface area contributed by atoms with E-state index < -0.39 is 0 Å². The SMILES string of the molecule is Cc1cc(/C(N)=N/O)ccc1COC1COC1. The van der Waals surface area contributed by atoms with E-state index in [1.165, 1.54) is 0 Å². The van der Waals surface area contributed by atoms with Gasteiger partial charge in [-0.05, 0) is 24.1 Å². The number of hydrogen-bond donors (Lipinski definition) is 2. The first-order valence-corrected chi connectivity index (χ1v) is 5.47. The molecule has 0 amide bonds. The van der Waals surface area contributed by atoms with Gasteiger partial charge in [0.2, 0.25) is 0 Å². The Balaban J connectivity index is 2.03. The average Bonchev–Trinajstić information content (AvgIpc) is 2.28. The first kappa shape index (κ1) is 11.9. The van der Waals surface area contributed by atoms with Crippen molar-refractivity contribution in [3.8, 4) is 0 Å². The fraction of sp³-hybridized carbons (Fsp3) is 0.417. The largest absolute Gasteiger partial charge is 0.409 e. The summed E-state index contributed by atoms with van der Waals surface area (Å²) in [7, 11) is 0. The standard InChI is InChI=1S/C12H16N2O3/c1-8-4-9(12(13)14-15)2-3-10(8)5-17-11-6-16-7-11/h2-4,11,15H,5-7H2,1H3,(H2,13,14). The van der Waals surface area contributed by atoms with E-state index in [-0.39, 0.29) is 11.9 Å². The molecule has 1 heterocycles. The Morgan fingerprint density at radius 1 is 1.59 bits per heavy atom. The van der Waals surface area contributed by atoms with Crippen molar-refractivity contribution in [2.45, 2.75) is 19.6 Å². The zero-order chi connectivity index (χ0) is 12.3. The van der Waals surface area contributed by atoms with Crippen molar-refractivity contribution in [3.05, 3.63) is 34.9 Å². The average molecular weight is 236 g/mol. The minimum atomic E-state index is 0.118. The number of ether oxygens (including phenoxy) is 2. The molecule has 1 aliphatic heterocycles. The van der Waals surface area contributed by atoms with Gasteiger partial charge in [0, 0.05) is 5.56 Å². The van der Waals surface area contributed by atoms with E-state index in [2.05, 4.69) is 5.16 Å². The minimum Gasteiger partial charge on any atom is -0.409 e. The minimum absolute atomic E-state index is 0.118. The van der Waals surface area contributed by atoms with E-state index in [0.717, 1.165) is 11.1 Å². The van der Waals surface area contributed by atoms with E-state index in [0.29, 0.717) is 25.4 Å². The van der Waals surface area contributed by atoms with Gasteiger partial charge in [-0.15, -0.1) is 0 Å². The predicted molar refractivity (Wildman–Crippen MR) is 63.1 cm³/mol. The highest BCUT2D eigenvalue weighted by Gasteiger charge is 2.18. The molecule has 1 fully saturated rings. The van der Waals surface area contributed by atoms with Crippen LogP contribution in [0.4, 0.5) is 0 Å². The normalized spacial score (nSPS) is 16.9. The van der Waals surface area contributed by atoms with E-state index in [4.69, 9.17) is 20.4 Å². The van der Waals surface area contributed by atoms with Gasteiger partial charge in [-0.2, -0.15) is 0 Å². The molecule has 17 heavy (non-hydrogen) atoms. The fourth-order valence-corrected chi connectivity index (χ4v) is 1.59. The molecule has 0 bridgehead atoms. The van der Waals surface area contributed by atoms with Crippen LogP contribution in [0.15, 0.2) is 23.4 Å². The number of nitrogens with two attached hydrogens (primary N) is 1. The molecule has 0 spiro atoms. The smallest absolute Gasteiger partial charge is 0.170 e. The topological polar surface area (TPSA) is 77.1 Å². The van der Waals surface area contributed by atoms with E-state index in [1.54, 1.807) is 0 Å². The van der Waals surface area contributed by atoms with Crippen LogP contribution in [0.5, 0.6) is 0 Å². The van der Waals surface area contributed by atoms with Crippen LogP contribution in [0.2, 0.25) is 0 Å². The molecule has 1 aromatic rings. The van der Waals surface area contributed by atoms with Gasteiger partial charge in [0.15, 0.2) is 5.84 Å². The zero-order valence-electron chi connectivity index (χ0n) is 9.72. The Kier molecular flexibility index (Phi) is 3.61. The quantitative estimate of drug-likeness (QED) is 0.354. The van der Waals surface area contributed by atoms with Gasteiger partial charge in [-0.1, -0.05) is 17.3 Å². The Labute approximate surface area is 99.8 Å². The van der Waals surface area contributed by atoms with Crippen LogP contribution < -0.4 is 5.73 Å². The predicted octanol–water partition coefficient (Wildman–Crippen LogP) is 1.00. The molecule has 3 N–H and O–H groups in total. The molecule has 0 unspecified atom stereocenters. The molecule has 0 saturated carbocycles. The van der Waals surface area contributed by atoms with Gasteiger partial charge in [0.25, 0.3) is 0 Å². The van der Waals surface area contributed by atoms with Gasteiger partial charge in [-0.3, -0.25) is 0 Å². The molecule has 0 atom stereocenters. The van der Waals surface area contributed by atoms with Crippen molar-refractivity contribution in [3.63, 3.8) is 0 Å². The third-order valence-electron chi connectivity index (χ3n) is 2.83. The lowest BCUT2D eigenvalue weighted by Gasteiger charge is -2.26. The molecule has 1 aromatic carbocycles. The van der Waals surface area contributed by atoms with Gasteiger partial charge < -0.3 is 20.4 Å². The second kappa shape index (κ2) is 5.16. The van der Waals surface area contributed by atoms with Gasteiger partial charge in [0.1, 0.15) is 6.10 Å². The molecule has 1 aliphatic rings. The van der Waals surface area contributed by atoms with Crippen molar-refractivity contribution in [1.29, 1.82) is 0 Å². The van der Waals surface area contributed by atoms with Crippen molar-refractivity contribution in [1.82, 2.24) is 0 Å². The molecule has 1 saturated heterocycles. The van der Waals surface area contributed by atoms with Gasteiger partial charge in [-0.25, -0.2) is 0 Å². The summed E-state index contributed by atoms with van der Waals surface area (Å²) in [6.07, 6.45) is 0.221. The number of aryl methyl sites for hydroxylation is 1. The van der Waals surface area contributed by atoms with Crippen molar-refractivity contribution in [2.24, 2.45) is 10.9 Å². The summed E-state index contributed by atoms with van der Waals surface area (Å²) in [5, 5.41) is 11.6. The highest BCUT2D eigenvalue weighted by atomic mass is 16.6. The second-order valence-electron chi connectivity index (χ2n) is 4.10. The highest BCUT2D eigenvalue weighted by Crippen LogP contribution is 2.15. The fourth-order valence-electron chi connectivity index (χ4n) is 1.59. The molecule has 5 nitrogen and oxygen atoms in total. The number of benzene rings is 1. The van der Waals surface area contributed by atoms with Crippen LogP contribution in [-0.4, -0.2) is 30.4 Å². The Morgan fingerprint density at radius 2 is 2.35 bits per heavy atom. The summed E-state index contributed by atoms with van der Waals surface area (Å²) in [5.74, 6) is 0.118. The Bertz CT molecular complexity index is 428. The van der Waals surface area contributed by atoms with Crippen LogP contribution in [0, 0.1) is 6.92 Å². The maximum Gasteiger partial charge on any atom is 0.170 e. The third kappa shape index (κ3) is 2.75. The lowest BCUT2D eigenvalue weighted by molar-refractivity contribution is -0.135. The van der Waals surface area contributed by atoms with Gasteiger partial charge >= 0.3 is 0 Å². The maximum absolute atomic E-state index is 8.59. The number of nitrogens with zero attached hydrogens (tertiary/aromatic N) is 1. The summed E-state index contributed by atoms with van der Waals surface area (Å²) in [6.45, 7) is 3.91. The molecule has 2 rings (SSSR count). The second-order valence-corrected chi connectivity index (χ2v) is 4.10. The van der Waals surface area contributed by atoms with Crippen LogP contribution in [-0.2, 0) is 16.1 Å². The molecule has 0 radical (unpaired) electrons. The lowest BCUT2D eigenvalue weighted by atomic mass is 10.1. The highest BCUT2D eigenvalue weighted by molar-refractivity contribution is 5.97. The van der Waals surface area contributed by atoms with Crippen molar-refractivity contribution in [2.75, 3.05) is 13.2 Å². The summed E-state index contributed by atoms with van der Waals surface area (Å²) < 4.78 is 10.7. The molecule has 0 aromatic heterocycles. The molecule has 92 valence electrons. The van der Waals surface area contributed by atoms with Crippen LogP contribution in [0.25, 0.3) is 0 Å². The van der Waals surface area contributed by atoms with E-state index in [1.807, 2.05) is 25.1 Å². The number of rotatable bonds is 4. The lowest BCUT2D eigenvalue weighted by Crippen LogP contribution is -2.35. The summed E-state index contributed by atoms with van der Waals surface area (Å²) >= 11 is 0.